The van der Waals surface area contributed by atoms with Gasteiger partial charge in [0.25, 0.3) is 0 Å². The lowest BCUT2D eigenvalue weighted by molar-refractivity contribution is 0.0513. The van der Waals surface area contributed by atoms with Crippen molar-refractivity contribution in [2.24, 2.45) is 28.1 Å². The zero-order valence-electron chi connectivity index (χ0n) is 13.5. The summed E-state index contributed by atoms with van der Waals surface area (Å²) in [6, 6.07) is 0. The lowest BCUT2D eigenvalue weighted by Crippen LogP contribution is -2.39. The fourth-order valence-corrected chi connectivity index (χ4v) is 3.97. The van der Waals surface area contributed by atoms with Crippen LogP contribution in [-0.4, -0.2) is 0 Å². The second kappa shape index (κ2) is 1.42. The topological polar surface area (TPSA) is 0 Å². The zero-order valence-corrected chi connectivity index (χ0v) is 7.52. The quantitative estimate of drug-likeness (QED) is 0.487. The predicted octanol–water partition coefficient (Wildman–Crippen LogP) is 3.24. The van der Waals surface area contributed by atoms with E-state index in [1.54, 1.807) is 0 Å². The molecule has 2 fully saturated rings. The Balaban J connectivity index is 2.20. The number of fused-ring (bicyclic) bond motifs is 4. The summed E-state index contributed by atoms with van der Waals surface area (Å²) in [7, 11) is 0. The van der Waals surface area contributed by atoms with Gasteiger partial charge in [-0.25, -0.2) is 0 Å². The minimum Gasteiger partial charge on any atom is -0.0879 e. The molecule has 3 aliphatic carbocycles. The lowest BCUT2D eigenvalue weighted by atomic mass is 9.60. The van der Waals surface area contributed by atoms with Crippen LogP contribution >= 0.6 is 0 Å². The molecule has 2 saturated carbocycles. The first-order valence-electron chi connectivity index (χ1n) is 7.64. The van der Waals surface area contributed by atoms with Gasteiger partial charge >= 0.3 is 0 Å². The monoisotopic (exact) mass is 168 g/mol. The van der Waals surface area contributed by atoms with Crippen LogP contribution in [0.2, 0.25) is 0 Å². The first-order valence-corrected chi connectivity index (χ1v) is 4.64. The molecule has 12 heavy (non-hydrogen) atoms. The number of hydrogen-bond acceptors (Lipinski definition) is 0. The summed E-state index contributed by atoms with van der Waals surface area (Å²) < 4.78 is 47.0. The van der Waals surface area contributed by atoms with E-state index < -0.39 is 29.9 Å². The zero-order chi connectivity index (χ0) is 13.8. The van der Waals surface area contributed by atoms with Crippen LogP contribution in [-0.2, 0) is 0 Å². The predicted molar refractivity (Wildman–Crippen MR) is 50.7 cm³/mol. The van der Waals surface area contributed by atoms with Gasteiger partial charge in [0.1, 0.15) is 0 Å². The average Bonchev–Trinajstić information content (AvgIpc) is 2.52. The van der Waals surface area contributed by atoms with E-state index in [-0.39, 0.29) is 11.8 Å². The van der Waals surface area contributed by atoms with E-state index in [0.29, 0.717) is 0 Å². The van der Waals surface area contributed by atoms with Crippen LogP contribution in [0.4, 0.5) is 0 Å². The molecule has 0 radical (unpaired) electrons. The molecule has 3 rings (SSSR count). The van der Waals surface area contributed by atoms with Gasteiger partial charge in [0.15, 0.2) is 0 Å². The van der Waals surface area contributed by atoms with Crippen molar-refractivity contribution >= 4 is 0 Å². The molecule has 3 aliphatic rings. The smallest absolute Gasteiger partial charge is 0.0236 e. The van der Waals surface area contributed by atoms with Gasteiger partial charge in [0.2, 0.25) is 0 Å². The molecule has 0 amide bonds. The van der Waals surface area contributed by atoms with E-state index in [0.717, 1.165) is 6.42 Å². The molecule has 0 heterocycles. The first kappa shape index (κ1) is 3.48. The van der Waals surface area contributed by atoms with Crippen molar-refractivity contribution in [1.82, 2.24) is 0 Å². The van der Waals surface area contributed by atoms with Crippen molar-refractivity contribution in [2.75, 3.05) is 0 Å². The van der Waals surface area contributed by atoms with Crippen LogP contribution in [0.25, 0.3) is 0 Å². The highest BCUT2D eigenvalue weighted by Gasteiger charge is 2.89. The molecule has 0 aromatic rings. The Morgan fingerprint density at radius 1 is 1.33 bits per heavy atom. The van der Waals surface area contributed by atoms with Crippen molar-refractivity contribution in [3.05, 3.63) is 12.2 Å². The third kappa shape index (κ3) is 0.341. The Morgan fingerprint density at radius 3 is 2.67 bits per heavy atom. The number of rotatable bonds is 0. The van der Waals surface area contributed by atoms with Crippen molar-refractivity contribution in [2.45, 2.75) is 34.0 Å². The highest BCUT2D eigenvalue weighted by molar-refractivity contribution is 5.41. The normalized spacial score (nSPS) is 73.2. The molecule has 0 N–H and O–H groups in total. The van der Waals surface area contributed by atoms with Gasteiger partial charge in [-0.15, -0.1) is 0 Å². The first-order chi connectivity index (χ1) is 7.98. The summed E-state index contributed by atoms with van der Waals surface area (Å²) in [5, 5.41) is 0. The third-order valence-electron chi connectivity index (χ3n) is 5.15. The molecule has 0 spiro atoms. The molecule has 0 nitrogen and oxygen atoms in total. The maximum absolute atomic E-state index is 7.83. The van der Waals surface area contributed by atoms with E-state index in [4.69, 9.17) is 8.22 Å². The number of allylic oxidation sites excluding steroid dienone is 2. The van der Waals surface area contributed by atoms with Crippen LogP contribution in [0.1, 0.15) is 42.2 Å². The molecule has 4 atom stereocenters. The highest BCUT2D eigenvalue weighted by Crippen LogP contribution is 2.94. The fraction of sp³-hybridized carbons (Fsp3) is 0.833. The van der Waals surface area contributed by atoms with E-state index in [1.165, 1.54) is 0 Å². The van der Waals surface area contributed by atoms with Gasteiger partial charge in [-0.1, -0.05) is 39.7 Å². The van der Waals surface area contributed by atoms with Crippen LogP contribution in [0.5, 0.6) is 0 Å². The molecule has 0 aromatic heterocycles. The third-order valence-corrected chi connectivity index (χ3v) is 5.15. The molecule has 66 valence electrons. The largest absolute Gasteiger partial charge is 0.0879 e. The number of hydrogen-bond donors (Lipinski definition) is 0. The summed E-state index contributed by atoms with van der Waals surface area (Å²) in [6.07, 6.45) is 4.93. The minimum absolute atomic E-state index is 0.128. The average molecular weight is 168 g/mol. The Bertz CT molecular complexity index is 430. The van der Waals surface area contributed by atoms with Gasteiger partial charge < -0.3 is 0 Å². The van der Waals surface area contributed by atoms with Crippen LogP contribution in [0, 0.1) is 28.1 Å². The molecule has 0 aromatic carbocycles. The van der Waals surface area contributed by atoms with Crippen molar-refractivity contribution in [3.8, 4) is 0 Å². The molecule has 0 unspecified atom stereocenters. The van der Waals surface area contributed by atoms with Crippen molar-refractivity contribution in [1.29, 1.82) is 0 Å². The summed E-state index contributed by atoms with van der Waals surface area (Å²) in [6.45, 7) is -1.12. The molecule has 0 heteroatoms. The van der Waals surface area contributed by atoms with Crippen LogP contribution in [0.15, 0.2) is 12.2 Å². The molecular formula is C12H18. The van der Waals surface area contributed by atoms with E-state index in [9.17, 15) is 0 Å². The van der Waals surface area contributed by atoms with Crippen LogP contribution < -0.4 is 0 Å². The Morgan fingerprint density at radius 2 is 2.08 bits per heavy atom. The Kier molecular flexibility index (Phi) is 0.413. The summed E-state index contributed by atoms with van der Waals surface area (Å²) >= 11 is 0. The lowest BCUT2D eigenvalue weighted by Gasteiger charge is -2.44. The molecular weight excluding hydrogens is 144 g/mol. The Hall–Kier alpha value is -0.260. The maximum Gasteiger partial charge on any atom is 0.0236 e. The van der Waals surface area contributed by atoms with Gasteiger partial charge in [0, 0.05) is 8.22 Å². The standard InChI is InChI=1S/C12H18/c1-10(2)11(3)8-6-5-7-9(8)12(10,11)4/h5-6,8-9H,7H2,1-4H3/t8-,9+,11+,12-/m0/s1/i1D3,2D3. The molecule has 0 bridgehead atoms. The summed E-state index contributed by atoms with van der Waals surface area (Å²) in [4.78, 5) is 0. The van der Waals surface area contributed by atoms with Crippen molar-refractivity contribution in [3.63, 3.8) is 0 Å². The van der Waals surface area contributed by atoms with Gasteiger partial charge in [0.05, 0.1) is 0 Å². The molecule has 0 saturated heterocycles. The molecule has 0 aliphatic heterocycles. The fourth-order valence-electron chi connectivity index (χ4n) is 3.97. The summed E-state index contributed by atoms with van der Waals surface area (Å²) in [5.74, 6) is 0.326. The summed E-state index contributed by atoms with van der Waals surface area (Å²) in [5.41, 5.74) is -2.71. The van der Waals surface area contributed by atoms with Gasteiger partial charge in [-0.2, -0.15) is 0 Å². The SMILES string of the molecule is [2H]C([2H])([2H])C1(C([2H])([2H])[2H])[C@]2(C)[C@@H]3CC=C[C@@H]3[C@]12C. The minimum atomic E-state index is -2.43. The van der Waals surface area contributed by atoms with Gasteiger partial charge in [-0.3, -0.25) is 0 Å². The van der Waals surface area contributed by atoms with Crippen molar-refractivity contribution < 1.29 is 8.22 Å². The highest BCUT2D eigenvalue weighted by atomic mass is 14.9. The van der Waals surface area contributed by atoms with E-state index >= 15 is 0 Å². The van der Waals surface area contributed by atoms with E-state index in [1.807, 2.05) is 19.9 Å². The second-order valence-electron chi connectivity index (χ2n) is 4.95. The van der Waals surface area contributed by atoms with Crippen LogP contribution in [0.3, 0.4) is 0 Å². The van der Waals surface area contributed by atoms with Gasteiger partial charge in [-0.05, 0) is 34.5 Å². The van der Waals surface area contributed by atoms with E-state index in [2.05, 4.69) is 6.08 Å². The second-order valence-corrected chi connectivity index (χ2v) is 4.95. The Labute approximate surface area is 83.5 Å². The maximum atomic E-state index is 7.83.